The molecule has 21 heavy (non-hydrogen) atoms. The molecule has 0 bridgehead atoms. The molecule has 0 spiro atoms. The van der Waals surface area contributed by atoms with Crippen LogP contribution in [-0.4, -0.2) is 5.16 Å². The van der Waals surface area contributed by atoms with E-state index in [9.17, 15) is 4.39 Å². The second kappa shape index (κ2) is 5.79. The molecule has 0 saturated heterocycles. The molecule has 3 rings (SSSR count). The van der Waals surface area contributed by atoms with Gasteiger partial charge in [0.05, 0.1) is 11.3 Å². The lowest BCUT2D eigenvalue weighted by atomic mass is 10.0. The number of anilines is 1. The molecular weight excluding hydrogens is 267 g/mol. The number of hydrogen-bond donors (Lipinski definition) is 1. The number of hydrogen-bond acceptors (Lipinski definition) is 3. The van der Waals surface area contributed by atoms with Crippen LogP contribution in [0.3, 0.4) is 0 Å². The number of nitrogens with zero attached hydrogens (tertiary/aromatic N) is 1. The Morgan fingerprint density at radius 1 is 1.00 bits per heavy atom. The van der Waals surface area contributed by atoms with Crippen molar-refractivity contribution in [1.29, 1.82) is 0 Å². The van der Waals surface area contributed by atoms with Crippen molar-refractivity contribution in [2.45, 2.75) is 12.8 Å². The minimum absolute atomic E-state index is 0.226. The van der Waals surface area contributed by atoms with Crippen molar-refractivity contribution < 1.29 is 8.91 Å². The van der Waals surface area contributed by atoms with Crippen LogP contribution < -0.4 is 5.73 Å². The minimum Gasteiger partial charge on any atom is -0.367 e. The second-order valence-electron chi connectivity index (χ2n) is 4.86. The number of aryl methyl sites for hydroxylation is 2. The van der Waals surface area contributed by atoms with Crippen molar-refractivity contribution >= 4 is 5.88 Å². The molecule has 0 radical (unpaired) electrons. The summed E-state index contributed by atoms with van der Waals surface area (Å²) in [5.74, 6) is -0.0780. The SMILES string of the molecule is Nc1onc(CCc2ccccc2)c1-c1cccc(F)c1. The van der Waals surface area contributed by atoms with Crippen molar-refractivity contribution in [2.75, 3.05) is 5.73 Å². The predicted molar refractivity (Wildman–Crippen MR) is 80.2 cm³/mol. The van der Waals surface area contributed by atoms with Gasteiger partial charge in [-0.1, -0.05) is 47.6 Å². The number of nitrogens with two attached hydrogens (primary N) is 1. The smallest absolute Gasteiger partial charge is 0.230 e. The maximum absolute atomic E-state index is 13.4. The average Bonchev–Trinajstić information content (AvgIpc) is 2.87. The summed E-state index contributed by atoms with van der Waals surface area (Å²) < 4.78 is 18.5. The van der Waals surface area contributed by atoms with Crippen molar-refractivity contribution in [2.24, 2.45) is 0 Å². The molecule has 0 atom stereocenters. The van der Waals surface area contributed by atoms with Crippen LogP contribution >= 0.6 is 0 Å². The summed E-state index contributed by atoms with van der Waals surface area (Å²) in [4.78, 5) is 0. The fraction of sp³-hybridized carbons (Fsp3) is 0.118. The van der Waals surface area contributed by atoms with E-state index in [-0.39, 0.29) is 11.7 Å². The van der Waals surface area contributed by atoms with E-state index in [0.29, 0.717) is 17.5 Å². The fourth-order valence-corrected chi connectivity index (χ4v) is 2.37. The molecule has 106 valence electrons. The lowest BCUT2D eigenvalue weighted by Gasteiger charge is -2.03. The molecule has 3 aromatic rings. The van der Waals surface area contributed by atoms with Gasteiger partial charge >= 0.3 is 0 Å². The molecule has 0 amide bonds. The fourth-order valence-electron chi connectivity index (χ4n) is 2.37. The van der Waals surface area contributed by atoms with E-state index >= 15 is 0 Å². The lowest BCUT2D eigenvalue weighted by Crippen LogP contribution is -1.95. The maximum atomic E-state index is 13.4. The van der Waals surface area contributed by atoms with E-state index in [1.807, 2.05) is 18.2 Å². The first-order chi connectivity index (χ1) is 10.2. The quantitative estimate of drug-likeness (QED) is 0.790. The zero-order valence-corrected chi connectivity index (χ0v) is 11.4. The van der Waals surface area contributed by atoms with Gasteiger partial charge in [0.2, 0.25) is 5.88 Å². The molecular formula is C17H15FN2O. The topological polar surface area (TPSA) is 52.0 Å². The first kappa shape index (κ1) is 13.4. The molecule has 0 fully saturated rings. The van der Waals surface area contributed by atoms with Crippen molar-refractivity contribution in [3.63, 3.8) is 0 Å². The van der Waals surface area contributed by atoms with Gasteiger partial charge in [-0.2, -0.15) is 0 Å². The number of rotatable bonds is 4. The maximum Gasteiger partial charge on any atom is 0.230 e. The molecule has 0 aliphatic heterocycles. The largest absolute Gasteiger partial charge is 0.367 e. The Morgan fingerprint density at radius 3 is 2.57 bits per heavy atom. The molecule has 2 N–H and O–H groups in total. The molecule has 0 unspecified atom stereocenters. The zero-order chi connectivity index (χ0) is 14.7. The van der Waals surface area contributed by atoms with Crippen LogP contribution in [0.4, 0.5) is 10.3 Å². The van der Waals surface area contributed by atoms with Crippen molar-refractivity contribution in [3.8, 4) is 11.1 Å². The first-order valence-electron chi connectivity index (χ1n) is 6.78. The van der Waals surface area contributed by atoms with Gasteiger partial charge in [0.25, 0.3) is 0 Å². The normalized spacial score (nSPS) is 10.7. The van der Waals surface area contributed by atoms with Gasteiger partial charge in [-0.3, -0.25) is 0 Å². The van der Waals surface area contributed by atoms with Crippen LogP contribution in [-0.2, 0) is 12.8 Å². The Labute approximate surface area is 122 Å². The average molecular weight is 282 g/mol. The molecule has 0 aliphatic carbocycles. The van der Waals surface area contributed by atoms with Crippen LogP contribution in [0.15, 0.2) is 59.1 Å². The third-order valence-corrected chi connectivity index (χ3v) is 3.40. The van der Waals surface area contributed by atoms with Crippen molar-refractivity contribution in [1.82, 2.24) is 5.16 Å². The summed E-state index contributed by atoms with van der Waals surface area (Å²) in [5.41, 5.74) is 9.18. The highest BCUT2D eigenvalue weighted by Crippen LogP contribution is 2.30. The number of nitrogen functional groups attached to an aromatic ring is 1. The molecule has 4 heteroatoms. The lowest BCUT2D eigenvalue weighted by molar-refractivity contribution is 0.427. The molecule has 0 saturated carbocycles. The van der Waals surface area contributed by atoms with Crippen molar-refractivity contribution in [3.05, 3.63) is 71.7 Å². The van der Waals surface area contributed by atoms with E-state index in [2.05, 4.69) is 17.3 Å². The number of halogens is 1. The van der Waals surface area contributed by atoms with Crippen LogP contribution in [0.25, 0.3) is 11.1 Å². The highest BCUT2D eigenvalue weighted by Gasteiger charge is 2.16. The molecule has 3 nitrogen and oxygen atoms in total. The number of aromatic nitrogens is 1. The van der Waals surface area contributed by atoms with E-state index < -0.39 is 0 Å². The summed E-state index contributed by atoms with van der Waals surface area (Å²) in [5, 5.41) is 4.01. The summed E-state index contributed by atoms with van der Waals surface area (Å²) in [6, 6.07) is 16.4. The molecule has 2 aromatic carbocycles. The van der Waals surface area contributed by atoms with Crippen LogP contribution in [0.1, 0.15) is 11.3 Å². The van der Waals surface area contributed by atoms with Gasteiger partial charge in [-0.05, 0) is 36.1 Å². The molecule has 0 aliphatic rings. The molecule has 1 aromatic heterocycles. The zero-order valence-electron chi connectivity index (χ0n) is 11.4. The Hall–Kier alpha value is -2.62. The van der Waals surface area contributed by atoms with Gasteiger partial charge in [-0.15, -0.1) is 0 Å². The Morgan fingerprint density at radius 2 is 1.81 bits per heavy atom. The second-order valence-corrected chi connectivity index (χ2v) is 4.86. The van der Waals surface area contributed by atoms with Crippen LogP contribution in [0, 0.1) is 5.82 Å². The third-order valence-electron chi connectivity index (χ3n) is 3.40. The van der Waals surface area contributed by atoms with Crippen LogP contribution in [0.5, 0.6) is 0 Å². The van der Waals surface area contributed by atoms with Gasteiger partial charge in [-0.25, -0.2) is 4.39 Å². The monoisotopic (exact) mass is 282 g/mol. The highest BCUT2D eigenvalue weighted by molar-refractivity contribution is 5.75. The summed E-state index contributed by atoms with van der Waals surface area (Å²) in [6.07, 6.45) is 1.52. The summed E-state index contributed by atoms with van der Waals surface area (Å²) in [7, 11) is 0. The number of benzene rings is 2. The predicted octanol–water partition coefficient (Wildman–Crippen LogP) is 3.85. The Bertz CT molecular complexity index is 738. The Balaban J connectivity index is 1.87. The van der Waals surface area contributed by atoms with E-state index in [1.54, 1.807) is 12.1 Å². The molecule has 1 heterocycles. The van der Waals surface area contributed by atoms with Gasteiger partial charge in [0.15, 0.2) is 0 Å². The first-order valence-corrected chi connectivity index (χ1v) is 6.78. The summed E-state index contributed by atoms with van der Waals surface area (Å²) in [6.45, 7) is 0. The van der Waals surface area contributed by atoms with Gasteiger partial charge in [0, 0.05) is 0 Å². The third kappa shape index (κ3) is 2.94. The summed E-state index contributed by atoms with van der Waals surface area (Å²) >= 11 is 0. The van der Waals surface area contributed by atoms with E-state index in [0.717, 1.165) is 12.1 Å². The minimum atomic E-state index is -0.304. The van der Waals surface area contributed by atoms with E-state index in [1.165, 1.54) is 17.7 Å². The van der Waals surface area contributed by atoms with E-state index in [4.69, 9.17) is 10.3 Å². The van der Waals surface area contributed by atoms with Gasteiger partial charge in [0.1, 0.15) is 5.82 Å². The van der Waals surface area contributed by atoms with Crippen LogP contribution in [0.2, 0.25) is 0 Å². The Kier molecular flexibility index (Phi) is 3.69. The highest BCUT2D eigenvalue weighted by atomic mass is 19.1. The standard InChI is InChI=1S/C17H15FN2O/c18-14-8-4-7-13(11-14)16-15(20-21-17(16)19)10-9-12-5-2-1-3-6-12/h1-8,11H,9-10,19H2. The van der Waals surface area contributed by atoms with Gasteiger partial charge < -0.3 is 10.3 Å².